The van der Waals surface area contributed by atoms with Gasteiger partial charge in [0.25, 0.3) is 5.91 Å². The molecule has 0 spiro atoms. The van der Waals surface area contributed by atoms with Crippen molar-refractivity contribution in [2.45, 2.75) is 39.2 Å². The molecule has 0 aliphatic heterocycles. The summed E-state index contributed by atoms with van der Waals surface area (Å²) in [5, 5.41) is 2.92. The Kier molecular flexibility index (Phi) is 3.93. The van der Waals surface area contributed by atoms with E-state index in [0.29, 0.717) is 5.56 Å². The highest BCUT2D eigenvalue weighted by molar-refractivity contribution is 5.94. The van der Waals surface area contributed by atoms with E-state index in [1.807, 2.05) is 31.2 Å². The zero-order valence-corrected chi connectivity index (χ0v) is 12.4. The van der Waals surface area contributed by atoms with E-state index >= 15 is 0 Å². The van der Waals surface area contributed by atoms with Crippen LogP contribution in [0.4, 0.5) is 0 Å². The number of hydrogen-bond acceptors (Lipinski definition) is 2. The predicted molar refractivity (Wildman–Crippen MR) is 79.6 cm³/mol. The molecule has 106 valence electrons. The largest absolute Gasteiger partial charge is 0.347 e. The molecule has 2 rings (SSSR count). The highest BCUT2D eigenvalue weighted by Gasteiger charge is 2.16. The SMILES string of the molecule is CC(NC(=O)c1ccc(C(C)(C)C)cc1)c1ncc[nH]1. The van der Waals surface area contributed by atoms with E-state index in [1.54, 1.807) is 12.4 Å². The Hall–Kier alpha value is -2.10. The van der Waals surface area contributed by atoms with Crippen LogP contribution in [0.25, 0.3) is 0 Å². The molecule has 4 nitrogen and oxygen atoms in total. The standard InChI is InChI=1S/C16H21N3O/c1-11(14-17-9-10-18-14)19-15(20)12-5-7-13(8-6-12)16(2,3)4/h5-11H,1-4H3,(H,17,18)(H,19,20). The molecule has 0 saturated carbocycles. The van der Waals surface area contributed by atoms with Crippen LogP contribution in [0.2, 0.25) is 0 Å². The molecule has 2 N–H and O–H groups in total. The predicted octanol–water partition coefficient (Wildman–Crippen LogP) is 3.20. The summed E-state index contributed by atoms with van der Waals surface area (Å²) in [6.45, 7) is 8.36. The van der Waals surface area contributed by atoms with Crippen molar-refractivity contribution < 1.29 is 4.79 Å². The first kappa shape index (κ1) is 14.3. The lowest BCUT2D eigenvalue weighted by molar-refractivity contribution is 0.0938. The fourth-order valence-electron chi connectivity index (χ4n) is 1.98. The fraction of sp³-hybridized carbons (Fsp3) is 0.375. The van der Waals surface area contributed by atoms with Gasteiger partial charge in [0, 0.05) is 18.0 Å². The molecule has 1 heterocycles. The highest BCUT2D eigenvalue weighted by Crippen LogP contribution is 2.22. The molecule has 1 amide bonds. The Balaban J connectivity index is 2.06. The van der Waals surface area contributed by atoms with Gasteiger partial charge in [-0.2, -0.15) is 0 Å². The lowest BCUT2D eigenvalue weighted by Gasteiger charge is -2.19. The lowest BCUT2D eigenvalue weighted by atomic mass is 9.86. The van der Waals surface area contributed by atoms with Crippen LogP contribution in [-0.4, -0.2) is 15.9 Å². The number of hydrogen-bond donors (Lipinski definition) is 2. The van der Waals surface area contributed by atoms with Crippen LogP contribution >= 0.6 is 0 Å². The number of carbonyl (C=O) groups is 1. The van der Waals surface area contributed by atoms with Gasteiger partial charge in [0.2, 0.25) is 0 Å². The molecule has 1 aromatic carbocycles. The molecule has 4 heteroatoms. The monoisotopic (exact) mass is 271 g/mol. The maximum atomic E-state index is 12.2. The van der Waals surface area contributed by atoms with Crippen LogP contribution in [-0.2, 0) is 5.41 Å². The second-order valence-electron chi connectivity index (χ2n) is 6.00. The van der Waals surface area contributed by atoms with Gasteiger partial charge in [-0.25, -0.2) is 4.98 Å². The number of aromatic nitrogens is 2. The number of imidazole rings is 1. The minimum Gasteiger partial charge on any atom is -0.347 e. The first-order chi connectivity index (χ1) is 9.38. The van der Waals surface area contributed by atoms with E-state index in [1.165, 1.54) is 5.56 Å². The number of aromatic amines is 1. The number of carbonyl (C=O) groups excluding carboxylic acids is 1. The van der Waals surface area contributed by atoms with E-state index in [-0.39, 0.29) is 17.4 Å². The normalized spacial score (nSPS) is 13.0. The molecule has 0 aliphatic rings. The summed E-state index contributed by atoms with van der Waals surface area (Å²) < 4.78 is 0. The van der Waals surface area contributed by atoms with Crippen molar-refractivity contribution in [3.8, 4) is 0 Å². The van der Waals surface area contributed by atoms with Gasteiger partial charge >= 0.3 is 0 Å². The van der Waals surface area contributed by atoms with Gasteiger partial charge in [-0.05, 0) is 30.0 Å². The Morgan fingerprint density at radius 1 is 1.25 bits per heavy atom. The van der Waals surface area contributed by atoms with Crippen LogP contribution in [0.5, 0.6) is 0 Å². The zero-order valence-electron chi connectivity index (χ0n) is 12.4. The van der Waals surface area contributed by atoms with Gasteiger partial charge in [0.1, 0.15) is 5.82 Å². The Bertz CT molecular complexity index is 565. The third-order valence-electron chi connectivity index (χ3n) is 3.29. The molecule has 0 aliphatic carbocycles. The highest BCUT2D eigenvalue weighted by atomic mass is 16.1. The molecule has 2 aromatic rings. The van der Waals surface area contributed by atoms with Gasteiger partial charge in [-0.15, -0.1) is 0 Å². The molecule has 0 bridgehead atoms. The molecular weight excluding hydrogens is 250 g/mol. The van der Waals surface area contributed by atoms with Gasteiger partial charge in [0.15, 0.2) is 0 Å². The summed E-state index contributed by atoms with van der Waals surface area (Å²) in [7, 11) is 0. The molecule has 0 radical (unpaired) electrons. The van der Waals surface area contributed by atoms with Crippen molar-refractivity contribution in [3.05, 3.63) is 53.6 Å². The molecule has 0 saturated heterocycles. The Morgan fingerprint density at radius 2 is 1.90 bits per heavy atom. The van der Waals surface area contributed by atoms with E-state index in [4.69, 9.17) is 0 Å². The van der Waals surface area contributed by atoms with Gasteiger partial charge in [-0.1, -0.05) is 32.9 Å². The average molecular weight is 271 g/mol. The summed E-state index contributed by atoms with van der Waals surface area (Å²) in [5.74, 6) is 0.666. The van der Waals surface area contributed by atoms with Crippen LogP contribution in [0.15, 0.2) is 36.7 Å². The number of benzene rings is 1. The van der Waals surface area contributed by atoms with Crippen molar-refractivity contribution in [2.24, 2.45) is 0 Å². The molecule has 20 heavy (non-hydrogen) atoms. The van der Waals surface area contributed by atoms with Crippen molar-refractivity contribution in [2.75, 3.05) is 0 Å². The van der Waals surface area contributed by atoms with Gasteiger partial charge in [0.05, 0.1) is 6.04 Å². The minimum atomic E-state index is -0.139. The summed E-state index contributed by atoms with van der Waals surface area (Å²) in [6.07, 6.45) is 3.42. The molecule has 0 fully saturated rings. The second-order valence-corrected chi connectivity index (χ2v) is 6.00. The Morgan fingerprint density at radius 3 is 2.40 bits per heavy atom. The van der Waals surface area contributed by atoms with Crippen molar-refractivity contribution in [1.82, 2.24) is 15.3 Å². The summed E-state index contributed by atoms with van der Waals surface area (Å²) >= 11 is 0. The molecular formula is C16H21N3O. The number of H-pyrrole nitrogens is 1. The lowest BCUT2D eigenvalue weighted by Crippen LogP contribution is -2.27. The van der Waals surface area contributed by atoms with Crippen LogP contribution in [0, 0.1) is 0 Å². The smallest absolute Gasteiger partial charge is 0.251 e. The maximum Gasteiger partial charge on any atom is 0.251 e. The second kappa shape index (κ2) is 5.49. The maximum absolute atomic E-state index is 12.2. The molecule has 1 atom stereocenters. The number of amides is 1. The van der Waals surface area contributed by atoms with Gasteiger partial charge in [-0.3, -0.25) is 4.79 Å². The number of nitrogens with zero attached hydrogens (tertiary/aromatic N) is 1. The molecule has 1 aromatic heterocycles. The van der Waals surface area contributed by atoms with Crippen molar-refractivity contribution in [1.29, 1.82) is 0 Å². The fourth-order valence-corrected chi connectivity index (χ4v) is 1.98. The number of nitrogens with one attached hydrogen (secondary N) is 2. The Labute approximate surface area is 119 Å². The summed E-state index contributed by atoms with van der Waals surface area (Å²) in [4.78, 5) is 19.3. The van der Waals surface area contributed by atoms with E-state index < -0.39 is 0 Å². The van der Waals surface area contributed by atoms with Crippen molar-refractivity contribution >= 4 is 5.91 Å². The first-order valence-corrected chi connectivity index (χ1v) is 6.78. The number of rotatable bonds is 3. The first-order valence-electron chi connectivity index (χ1n) is 6.78. The zero-order chi connectivity index (χ0) is 14.8. The third-order valence-corrected chi connectivity index (χ3v) is 3.29. The quantitative estimate of drug-likeness (QED) is 0.900. The topological polar surface area (TPSA) is 57.8 Å². The summed E-state index contributed by atoms with van der Waals surface area (Å²) in [5.41, 5.74) is 1.97. The minimum absolute atomic E-state index is 0.0886. The molecule has 1 unspecified atom stereocenters. The average Bonchev–Trinajstić information content (AvgIpc) is 2.91. The van der Waals surface area contributed by atoms with E-state index in [2.05, 4.69) is 36.1 Å². The van der Waals surface area contributed by atoms with E-state index in [0.717, 1.165) is 5.82 Å². The third kappa shape index (κ3) is 3.26. The van der Waals surface area contributed by atoms with Crippen LogP contribution < -0.4 is 5.32 Å². The van der Waals surface area contributed by atoms with Crippen LogP contribution in [0.1, 0.15) is 55.5 Å². The van der Waals surface area contributed by atoms with Gasteiger partial charge < -0.3 is 10.3 Å². The van der Waals surface area contributed by atoms with E-state index in [9.17, 15) is 4.79 Å². The van der Waals surface area contributed by atoms with Crippen molar-refractivity contribution in [3.63, 3.8) is 0 Å². The van der Waals surface area contributed by atoms with Crippen LogP contribution in [0.3, 0.4) is 0 Å². The summed E-state index contributed by atoms with van der Waals surface area (Å²) in [6, 6.07) is 7.61.